The number of aliphatic hydroxyl groups excluding tert-OH is 5. The molecule has 51 heavy (non-hydrogen) atoms. The first kappa shape index (κ1) is 48.4. The van der Waals surface area contributed by atoms with E-state index in [0.29, 0.717) is 13.0 Å². The molecule has 0 heterocycles. The first-order valence-corrected chi connectivity index (χ1v) is 21.9. The van der Waals surface area contributed by atoms with Gasteiger partial charge in [0.15, 0.2) is 0 Å². The van der Waals surface area contributed by atoms with Crippen molar-refractivity contribution in [3.8, 4) is 0 Å². The Balaban J connectivity index is 2.44. The Hall–Kier alpha value is -0.660. The van der Waals surface area contributed by atoms with Crippen LogP contribution in [-0.4, -0.2) is 98.9 Å². The average molecular weight is 755 g/mol. The van der Waals surface area contributed by atoms with Crippen LogP contribution in [0.1, 0.15) is 174 Å². The Morgan fingerprint density at radius 2 is 0.922 bits per heavy atom. The molecule has 0 amide bonds. The average Bonchev–Trinajstić information content (AvgIpc) is 3.11. The number of aliphatic hydroxyl groups is 5. The number of carbonyl (C=O) groups is 1. The van der Waals surface area contributed by atoms with Crippen LogP contribution in [0.4, 0.5) is 0 Å². The summed E-state index contributed by atoms with van der Waals surface area (Å²) < 4.78 is 34.0. The highest BCUT2D eigenvalue weighted by Crippen LogP contribution is 2.47. The van der Waals surface area contributed by atoms with Gasteiger partial charge in [0.25, 0.3) is 0 Å². The zero-order chi connectivity index (χ0) is 37.7. The van der Waals surface area contributed by atoms with Crippen molar-refractivity contribution in [2.75, 3.05) is 19.8 Å². The van der Waals surface area contributed by atoms with Crippen molar-refractivity contribution in [3.05, 3.63) is 0 Å². The van der Waals surface area contributed by atoms with Crippen LogP contribution >= 0.6 is 7.82 Å². The molecule has 0 aliphatic heterocycles. The molecular formula is C38H75O12P. The minimum Gasteiger partial charge on any atom is -0.457 e. The van der Waals surface area contributed by atoms with Crippen molar-refractivity contribution in [1.29, 1.82) is 0 Å². The highest BCUT2D eigenvalue weighted by molar-refractivity contribution is 7.47. The lowest BCUT2D eigenvalue weighted by Gasteiger charge is -2.41. The van der Waals surface area contributed by atoms with E-state index in [9.17, 15) is 39.8 Å². The molecule has 12 nitrogen and oxygen atoms in total. The molecule has 304 valence electrons. The molecule has 0 aromatic heterocycles. The Morgan fingerprint density at radius 3 is 1.35 bits per heavy atom. The first-order valence-electron chi connectivity index (χ1n) is 20.4. The van der Waals surface area contributed by atoms with E-state index in [4.69, 9.17) is 18.5 Å². The van der Waals surface area contributed by atoms with Crippen LogP contribution in [0.3, 0.4) is 0 Å². The maximum atomic E-state index is 12.7. The van der Waals surface area contributed by atoms with Gasteiger partial charge in [0.1, 0.15) is 42.7 Å². The van der Waals surface area contributed by atoms with Crippen molar-refractivity contribution < 1.29 is 58.3 Å². The minimum atomic E-state index is -5.00. The van der Waals surface area contributed by atoms with Crippen molar-refractivity contribution in [2.24, 2.45) is 0 Å². The molecule has 6 atom stereocenters. The number of rotatable bonds is 34. The minimum absolute atomic E-state index is 0.0692. The maximum absolute atomic E-state index is 12.7. The van der Waals surface area contributed by atoms with Gasteiger partial charge in [-0.2, -0.15) is 0 Å². The summed E-state index contributed by atoms with van der Waals surface area (Å²) in [5.74, 6) is -0.475. The molecule has 1 aliphatic carbocycles. The van der Waals surface area contributed by atoms with Gasteiger partial charge in [0.2, 0.25) is 0 Å². The lowest BCUT2D eigenvalue weighted by molar-refractivity contribution is -0.220. The molecule has 1 fully saturated rings. The van der Waals surface area contributed by atoms with Crippen LogP contribution in [0.25, 0.3) is 0 Å². The van der Waals surface area contributed by atoms with Crippen LogP contribution in [0.5, 0.6) is 0 Å². The summed E-state index contributed by atoms with van der Waals surface area (Å²) in [7, 11) is -5.00. The fourth-order valence-electron chi connectivity index (χ4n) is 6.41. The van der Waals surface area contributed by atoms with Crippen molar-refractivity contribution in [2.45, 2.75) is 217 Å². The molecule has 1 rings (SSSR count). The number of phosphoric ester groups is 1. The predicted octanol–water partition coefficient (Wildman–Crippen LogP) is 7.03. The van der Waals surface area contributed by atoms with E-state index in [-0.39, 0.29) is 13.0 Å². The SMILES string of the molecule is CCCCCCCCCCCCCCCCC(=O)OC(COCCCCCCCCCCCC)COP(=O)(O)OC1C(O)C(O)C(O)C(O)C1O. The van der Waals surface area contributed by atoms with E-state index >= 15 is 0 Å². The summed E-state index contributed by atoms with van der Waals surface area (Å²) in [6.07, 6.45) is 16.1. The molecular weight excluding hydrogens is 679 g/mol. The lowest BCUT2D eigenvalue weighted by Crippen LogP contribution is -2.64. The summed E-state index contributed by atoms with van der Waals surface area (Å²) in [6, 6.07) is 0. The molecule has 0 saturated heterocycles. The van der Waals surface area contributed by atoms with Crippen LogP contribution in [0, 0.1) is 0 Å². The van der Waals surface area contributed by atoms with Crippen LogP contribution in [-0.2, 0) is 27.9 Å². The summed E-state index contributed by atoms with van der Waals surface area (Å²) in [5.41, 5.74) is 0. The zero-order valence-corrected chi connectivity index (χ0v) is 32.8. The van der Waals surface area contributed by atoms with E-state index in [1.165, 1.54) is 109 Å². The third kappa shape index (κ3) is 23.7. The second kappa shape index (κ2) is 30.6. The van der Waals surface area contributed by atoms with Gasteiger partial charge in [-0.05, 0) is 12.8 Å². The van der Waals surface area contributed by atoms with Crippen LogP contribution < -0.4 is 0 Å². The van der Waals surface area contributed by atoms with Gasteiger partial charge in [-0.3, -0.25) is 13.8 Å². The van der Waals surface area contributed by atoms with Gasteiger partial charge in [0.05, 0.1) is 13.2 Å². The zero-order valence-electron chi connectivity index (χ0n) is 31.9. The topological polar surface area (TPSA) is 192 Å². The third-order valence-electron chi connectivity index (χ3n) is 9.73. The van der Waals surface area contributed by atoms with E-state index < -0.39 is 63.1 Å². The number of carbonyl (C=O) groups excluding carboxylic acids is 1. The van der Waals surface area contributed by atoms with Crippen molar-refractivity contribution in [3.63, 3.8) is 0 Å². The van der Waals surface area contributed by atoms with Gasteiger partial charge in [-0.15, -0.1) is 0 Å². The predicted molar refractivity (Wildman–Crippen MR) is 198 cm³/mol. The van der Waals surface area contributed by atoms with E-state index in [1.54, 1.807) is 0 Å². The molecule has 1 saturated carbocycles. The van der Waals surface area contributed by atoms with Crippen LogP contribution in [0.2, 0.25) is 0 Å². The first-order chi connectivity index (χ1) is 24.5. The summed E-state index contributed by atoms with van der Waals surface area (Å²) in [6.45, 7) is 4.24. The monoisotopic (exact) mass is 754 g/mol. The number of ether oxygens (including phenoxy) is 2. The van der Waals surface area contributed by atoms with Gasteiger partial charge in [0, 0.05) is 13.0 Å². The molecule has 0 bridgehead atoms. The molecule has 0 radical (unpaired) electrons. The molecule has 6 N–H and O–H groups in total. The van der Waals surface area contributed by atoms with Crippen LogP contribution in [0.15, 0.2) is 0 Å². The molecule has 0 aromatic carbocycles. The van der Waals surface area contributed by atoms with Crippen molar-refractivity contribution >= 4 is 13.8 Å². The summed E-state index contributed by atoms with van der Waals surface area (Å²) in [5, 5.41) is 49.9. The highest BCUT2D eigenvalue weighted by atomic mass is 31.2. The second-order valence-electron chi connectivity index (χ2n) is 14.5. The normalized spacial score (nSPS) is 24.0. The number of hydrogen-bond donors (Lipinski definition) is 6. The Morgan fingerprint density at radius 1 is 0.549 bits per heavy atom. The standard InChI is InChI=1S/C38H75O12P/c1-3-5-7-9-11-13-15-16-17-18-19-21-23-25-27-32(39)49-31(29-47-28-26-24-22-20-14-12-10-8-6-4-2)30-48-51(45,46)50-38-36(43)34(41)33(40)35(42)37(38)44/h31,33-38,40-44H,3-30H2,1-2H3,(H,45,46). The second-order valence-corrected chi connectivity index (χ2v) is 15.9. The third-order valence-corrected chi connectivity index (χ3v) is 10.7. The van der Waals surface area contributed by atoms with Gasteiger partial charge in [-0.25, -0.2) is 4.57 Å². The maximum Gasteiger partial charge on any atom is 0.472 e. The molecule has 1 aliphatic rings. The van der Waals surface area contributed by atoms with Crippen molar-refractivity contribution in [1.82, 2.24) is 0 Å². The Kier molecular flexibility index (Phi) is 29.1. The van der Waals surface area contributed by atoms with Gasteiger partial charge in [-0.1, -0.05) is 155 Å². The van der Waals surface area contributed by atoms with Gasteiger partial charge < -0.3 is 39.9 Å². The Bertz CT molecular complexity index is 864. The summed E-state index contributed by atoms with van der Waals surface area (Å²) in [4.78, 5) is 23.0. The molecule has 0 spiro atoms. The molecule has 13 heteroatoms. The van der Waals surface area contributed by atoms with E-state index in [0.717, 1.165) is 38.5 Å². The Labute approximate surface area is 308 Å². The highest BCUT2D eigenvalue weighted by Gasteiger charge is 2.51. The van der Waals surface area contributed by atoms with E-state index in [1.807, 2.05) is 0 Å². The molecule has 6 unspecified atom stereocenters. The number of esters is 1. The fraction of sp³-hybridized carbons (Fsp3) is 0.974. The fourth-order valence-corrected chi connectivity index (χ4v) is 7.39. The largest absolute Gasteiger partial charge is 0.472 e. The summed E-state index contributed by atoms with van der Waals surface area (Å²) >= 11 is 0. The van der Waals surface area contributed by atoms with Gasteiger partial charge >= 0.3 is 13.8 Å². The number of phosphoric acid groups is 1. The van der Waals surface area contributed by atoms with E-state index in [2.05, 4.69) is 13.8 Å². The smallest absolute Gasteiger partial charge is 0.457 e. The quantitative estimate of drug-likeness (QED) is 0.0224. The number of hydrogen-bond acceptors (Lipinski definition) is 11. The molecule has 0 aromatic rings. The lowest BCUT2D eigenvalue weighted by atomic mass is 9.85. The number of unbranched alkanes of at least 4 members (excludes halogenated alkanes) is 22.